The van der Waals surface area contributed by atoms with Gasteiger partial charge in [0.05, 0.1) is 0 Å². The highest BCUT2D eigenvalue weighted by Gasteiger charge is 2.29. The van der Waals surface area contributed by atoms with Gasteiger partial charge < -0.3 is 14.7 Å². The highest BCUT2D eigenvalue weighted by atomic mass is 16.2. The summed E-state index contributed by atoms with van der Waals surface area (Å²) in [7, 11) is 0. The lowest BCUT2D eigenvalue weighted by Crippen LogP contribution is -2.48. The first-order valence-electron chi connectivity index (χ1n) is 10.9. The highest BCUT2D eigenvalue weighted by molar-refractivity contribution is 5.97. The summed E-state index contributed by atoms with van der Waals surface area (Å²) in [6.07, 6.45) is 10.6. The van der Waals surface area contributed by atoms with Gasteiger partial charge in [0.25, 0.3) is 0 Å². The summed E-state index contributed by atoms with van der Waals surface area (Å²) >= 11 is 0. The van der Waals surface area contributed by atoms with E-state index in [0.717, 1.165) is 58.5 Å². The number of benzene rings is 1. The van der Waals surface area contributed by atoms with Crippen LogP contribution < -0.4 is 4.90 Å². The van der Waals surface area contributed by atoms with Crippen LogP contribution in [0.25, 0.3) is 10.8 Å². The number of pyridine rings is 1. The third-order valence-electron chi connectivity index (χ3n) is 6.88. The van der Waals surface area contributed by atoms with Gasteiger partial charge in [-0.3, -0.25) is 9.78 Å². The van der Waals surface area contributed by atoms with E-state index >= 15 is 0 Å². The molecule has 0 bridgehead atoms. The van der Waals surface area contributed by atoms with Crippen molar-refractivity contribution in [3.05, 3.63) is 36.2 Å². The van der Waals surface area contributed by atoms with Gasteiger partial charge in [0.1, 0.15) is 0 Å². The Labute approximate surface area is 167 Å². The fourth-order valence-corrected chi connectivity index (χ4v) is 5.27. The lowest BCUT2D eigenvalue weighted by molar-refractivity contribution is -0.133. The normalized spacial score (nSPS) is 21.5. The number of carbonyl (C=O) groups excluding carboxylic acids is 1. The van der Waals surface area contributed by atoms with Gasteiger partial charge in [-0.15, -0.1) is 0 Å². The summed E-state index contributed by atoms with van der Waals surface area (Å²) in [5.41, 5.74) is 2.80. The van der Waals surface area contributed by atoms with Crippen LogP contribution in [0.15, 0.2) is 30.6 Å². The molecule has 0 radical (unpaired) electrons. The standard InChI is InChI=1S/C23H30N4O/c28-22-6-1-2-10-26(22)15-14-25-11-8-20(9-12-25)27-13-7-19-17-24-16-18-4-3-5-21(27)23(18)19/h3-5,16-17,20H,1-2,6-15H2. The summed E-state index contributed by atoms with van der Waals surface area (Å²) in [5, 5.41) is 2.68. The van der Waals surface area contributed by atoms with E-state index in [1.165, 1.54) is 41.3 Å². The van der Waals surface area contributed by atoms with Crippen LogP contribution in [0.4, 0.5) is 5.69 Å². The second-order valence-corrected chi connectivity index (χ2v) is 8.53. The summed E-state index contributed by atoms with van der Waals surface area (Å²) in [4.78, 5) is 23.7. The smallest absolute Gasteiger partial charge is 0.222 e. The Kier molecular flexibility index (Phi) is 4.93. The number of carbonyl (C=O) groups is 1. The fourth-order valence-electron chi connectivity index (χ4n) is 5.27. The van der Waals surface area contributed by atoms with Crippen molar-refractivity contribution in [1.29, 1.82) is 0 Å². The summed E-state index contributed by atoms with van der Waals surface area (Å²) in [6, 6.07) is 7.27. The van der Waals surface area contributed by atoms with E-state index in [9.17, 15) is 4.79 Å². The molecule has 2 fully saturated rings. The largest absolute Gasteiger partial charge is 0.368 e. The van der Waals surface area contributed by atoms with E-state index in [2.05, 4.69) is 37.9 Å². The van der Waals surface area contributed by atoms with Crippen molar-refractivity contribution in [2.24, 2.45) is 0 Å². The number of piperidine rings is 2. The van der Waals surface area contributed by atoms with Crippen molar-refractivity contribution in [3.63, 3.8) is 0 Å². The maximum Gasteiger partial charge on any atom is 0.222 e. The van der Waals surface area contributed by atoms with Gasteiger partial charge in [-0.05, 0) is 43.7 Å². The maximum atomic E-state index is 12.0. The van der Waals surface area contributed by atoms with Crippen LogP contribution in [-0.4, -0.2) is 66.0 Å². The Morgan fingerprint density at radius 3 is 2.71 bits per heavy atom. The minimum Gasteiger partial charge on any atom is -0.368 e. The molecule has 2 aromatic rings. The minimum absolute atomic E-state index is 0.357. The molecule has 1 aromatic carbocycles. The lowest BCUT2D eigenvalue weighted by Gasteiger charge is -2.42. The van der Waals surface area contributed by atoms with Crippen molar-refractivity contribution < 1.29 is 4.79 Å². The predicted molar refractivity (Wildman–Crippen MR) is 113 cm³/mol. The third kappa shape index (κ3) is 3.37. The predicted octanol–water partition coefficient (Wildman–Crippen LogP) is 3.07. The van der Waals surface area contributed by atoms with Gasteiger partial charge >= 0.3 is 0 Å². The molecule has 5 nitrogen and oxygen atoms in total. The van der Waals surface area contributed by atoms with Crippen LogP contribution in [0.1, 0.15) is 37.7 Å². The summed E-state index contributed by atoms with van der Waals surface area (Å²) in [5.74, 6) is 0.357. The molecule has 3 aliphatic rings. The van der Waals surface area contributed by atoms with E-state index in [1.807, 2.05) is 12.4 Å². The Morgan fingerprint density at radius 1 is 0.964 bits per heavy atom. The van der Waals surface area contributed by atoms with Crippen LogP contribution in [-0.2, 0) is 11.2 Å². The monoisotopic (exact) mass is 378 g/mol. The number of likely N-dealkylation sites (tertiary alicyclic amines) is 2. The number of nitrogens with zero attached hydrogens (tertiary/aromatic N) is 4. The van der Waals surface area contributed by atoms with Crippen molar-refractivity contribution in [2.45, 2.75) is 44.6 Å². The zero-order valence-electron chi connectivity index (χ0n) is 16.6. The second-order valence-electron chi connectivity index (χ2n) is 8.53. The maximum absolute atomic E-state index is 12.0. The highest BCUT2D eigenvalue weighted by Crippen LogP contribution is 2.36. The molecule has 0 aliphatic carbocycles. The topological polar surface area (TPSA) is 39.7 Å². The molecule has 0 saturated carbocycles. The number of hydrogen-bond donors (Lipinski definition) is 0. The Hall–Kier alpha value is -2.14. The molecule has 0 atom stereocenters. The minimum atomic E-state index is 0.357. The molecule has 0 N–H and O–H groups in total. The molecule has 5 heteroatoms. The van der Waals surface area contributed by atoms with Crippen molar-refractivity contribution in [3.8, 4) is 0 Å². The van der Waals surface area contributed by atoms with E-state index in [4.69, 9.17) is 0 Å². The van der Waals surface area contributed by atoms with Gasteiger partial charge in [0.15, 0.2) is 0 Å². The van der Waals surface area contributed by atoms with E-state index in [0.29, 0.717) is 11.9 Å². The Morgan fingerprint density at radius 2 is 1.86 bits per heavy atom. The van der Waals surface area contributed by atoms with Crippen molar-refractivity contribution in [1.82, 2.24) is 14.8 Å². The van der Waals surface area contributed by atoms with Gasteiger partial charge in [-0.25, -0.2) is 0 Å². The zero-order chi connectivity index (χ0) is 18.9. The van der Waals surface area contributed by atoms with E-state index < -0.39 is 0 Å². The van der Waals surface area contributed by atoms with Crippen molar-refractivity contribution in [2.75, 3.05) is 44.2 Å². The number of anilines is 1. The van der Waals surface area contributed by atoms with Crippen molar-refractivity contribution >= 4 is 22.4 Å². The second kappa shape index (κ2) is 7.70. The first-order chi connectivity index (χ1) is 13.8. The average molecular weight is 379 g/mol. The molecule has 28 heavy (non-hydrogen) atoms. The van der Waals surface area contributed by atoms with Gasteiger partial charge in [-0.2, -0.15) is 0 Å². The van der Waals surface area contributed by atoms with Crippen LogP contribution in [0.2, 0.25) is 0 Å². The Balaban J connectivity index is 1.22. The summed E-state index contributed by atoms with van der Waals surface area (Å²) in [6.45, 7) is 6.28. The molecular formula is C23H30N4O. The molecule has 0 unspecified atom stereocenters. The molecule has 148 valence electrons. The zero-order valence-corrected chi connectivity index (χ0v) is 16.6. The molecule has 2 saturated heterocycles. The van der Waals surface area contributed by atoms with Gasteiger partial charge in [-0.1, -0.05) is 12.1 Å². The molecular weight excluding hydrogens is 348 g/mol. The molecule has 1 aromatic heterocycles. The number of rotatable bonds is 4. The van der Waals surface area contributed by atoms with Crippen LogP contribution in [0.5, 0.6) is 0 Å². The van der Waals surface area contributed by atoms with E-state index in [-0.39, 0.29) is 0 Å². The lowest BCUT2D eigenvalue weighted by atomic mass is 9.94. The first-order valence-corrected chi connectivity index (χ1v) is 10.9. The van der Waals surface area contributed by atoms with Gasteiger partial charge in [0.2, 0.25) is 5.91 Å². The SMILES string of the molecule is O=C1CCCCN1CCN1CCC(N2CCc3cncc4cccc2c34)CC1. The Bertz CT molecular complexity index is 854. The molecule has 1 amide bonds. The number of hydrogen-bond acceptors (Lipinski definition) is 4. The van der Waals surface area contributed by atoms with Crippen LogP contribution >= 0.6 is 0 Å². The number of amides is 1. The molecule has 5 rings (SSSR count). The number of aromatic nitrogens is 1. The molecule has 0 spiro atoms. The summed E-state index contributed by atoms with van der Waals surface area (Å²) < 4.78 is 0. The van der Waals surface area contributed by atoms with E-state index in [1.54, 1.807) is 0 Å². The third-order valence-corrected chi connectivity index (χ3v) is 6.88. The molecule has 3 aliphatic heterocycles. The van der Waals surface area contributed by atoms with Crippen LogP contribution in [0, 0.1) is 0 Å². The van der Waals surface area contributed by atoms with Crippen LogP contribution in [0.3, 0.4) is 0 Å². The fraction of sp³-hybridized carbons (Fsp3) is 0.565. The molecule has 4 heterocycles. The van der Waals surface area contributed by atoms with Gasteiger partial charge in [0, 0.05) is 80.6 Å². The quantitative estimate of drug-likeness (QED) is 0.820. The first kappa shape index (κ1) is 17.9. The average Bonchev–Trinajstić information content (AvgIpc) is 2.74.